The first kappa shape index (κ1) is 30.2. The van der Waals surface area contributed by atoms with Crippen molar-refractivity contribution >= 4 is 34.8 Å². The SMILES string of the molecule is Cc1ncc(-c2c(C(F)F)ccc(Cl)c2C)nc1C(=O)Nc1cnn(C(C)c2ncc(N3CC[C@H](C)C3=O)c(C)c2C)c1. The maximum Gasteiger partial charge on any atom is 0.276 e. The van der Waals surface area contributed by atoms with Crippen LogP contribution < -0.4 is 10.2 Å². The van der Waals surface area contributed by atoms with Gasteiger partial charge in [0.25, 0.3) is 12.3 Å². The van der Waals surface area contributed by atoms with Crippen LogP contribution in [0, 0.1) is 33.6 Å². The van der Waals surface area contributed by atoms with Crippen LogP contribution in [0.2, 0.25) is 5.02 Å². The molecule has 1 saturated heterocycles. The zero-order chi connectivity index (χ0) is 31.2. The Morgan fingerprint density at radius 1 is 1.07 bits per heavy atom. The quantitative estimate of drug-likeness (QED) is 0.248. The van der Waals surface area contributed by atoms with Gasteiger partial charge in [-0.1, -0.05) is 24.6 Å². The molecule has 224 valence electrons. The maximum absolute atomic E-state index is 13.8. The van der Waals surface area contributed by atoms with Crippen molar-refractivity contribution in [2.24, 2.45) is 5.92 Å². The number of aryl methyl sites for hydroxylation is 1. The van der Waals surface area contributed by atoms with Gasteiger partial charge in [-0.3, -0.25) is 24.2 Å². The van der Waals surface area contributed by atoms with Crippen LogP contribution in [0.1, 0.15) is 76.9 Å². The maximum atomic E-state index is 13.8. The average molecular weight is 608 g/mol. The molecule has 0 spiro atoms. The minimum absolute atomic E-state index is 0.00400. The van der Waals surface area contributed by atoms with Crippen LogP contribution >= 0.6 is 11.6 Å². The molecular weight excluding hydrogens is 576 g/mol. The van der Waals surface area contributed by atoms with Crippen LogP contribution in [0.3, 0.4) is 0 Å². The predicted octanol–water partition coefficient (Wildman–Crippen LogP) is 6.79. The van der Waals surface area contributed by atoms with E-state index < -0.39 is 12.3 Å². The molecule has 12 heteroatoms. The molecule has 1 fully saturated rings. The van der Waals surface area contributed by atoms with Crippen LogP contribution in [0.15, 0.2) is 36.9 Å². The highest BCUT2D eigenvalue weighted by Crippen LogP contribution is 2.36. The molecule has 0 bridgehead atoms. The number of carbonyl (C=O) groups is 2. The Bertz CT molecular complexity index is 1740. The third kappa shape index (κ3) is 5.61. The third-order valence-electron chi connectivity index (χ3n) is 8.17. The second-order valence-corrected chi connectivity index (χ2v) is 11.3. The van der Waals surface area contributed by atoms with Crippen LogP contribution in [0.25, 0.3) is 11.3 Å². The summed E-state index contributed by atoms with van der Waals surface area (Å²) >= 11 is 6.22. The number of halogens is 3. The highest BCUT2D eigenvalue weighted by Gasteiger charge is 2.31. The van der Waals surface area contributed by atoms with Gasteiger partial charge in [0.05, 0.1) is 53.1 Å². The van der Waals surface area contributed by atoms with Gasteiger partial charge in [-0.05, 0) is 63.8 Å². The Balaban J connectivity index is 1.38. The van der Waals surface area contributed by atoms with Crippen LogP contribution in [0.4, 0.5) is 20.2 Å². The molecule has 1 aliphatic rings. The topological polar surface area (TPSA) is 106 Å². The Labute approximate surface area is 253 Å². The number of hydrogen-bond acceptors (Lipinski definition) is 6. The summed E-state index contributed by atoms with van der Waals surface area (Å²) < 4.78 is 29.3. The molecule has 2 amide bonds. The van der Waals surface area contributed by atoms with E-state index in [1.807, 2.05) is 27.7 Å². The minimum atomic E-state index is -2.76. The molecule has 1 N–H and O–H groups in total. The summed E-state index contributed by atoms with van der Waals surface area (Å²) in [6.45, 7) is 11.8. The summed E-state index contributed by atoms with van der Waals surface area (Å²) in [4.78, 5) is 41.0. The zero-order valence-electron chi connectivity index (χ0n) is 24.7. The number of nitrogens with one attached hydrogen (secondary N) is 1. The Hall–Kier alpha value is -4.25. The summed E-state index contributed by atoms with van der Waals surface area (Å²) in [5, 5.41) is 7.53. The van der Waals surface area contributed by atoms with Gasteiger partial charge in [-0.25, -0.2) is 13.8 Å². The number of carbonyl (C=O) groups excluding carboxylic acids is 2. The van der Waals surface area contributed by atoms with Crippen molar-refractivity contribution in [2.45, 2.75) is 60.4 Å². The van der Waals surface area contributed by atoms with Crippen LogP contribution in [-0.4, -0.2) is 43.1 Å². The van der Waals surface area contributed by atoms with Crippen molar-refractivity contribution in [1.29, 1.82) is 0 Å². The van der Waals surface area contributed by atoms with Crippen molar-refractivity contribution in [3.8, 4) is 11.3 Å². The summed E-state index contributed by atoms with van der Waals surface area (Å²) in [5.74, 6) is -0.444. The lowest BCUT2D eigenvalue weighted by Gasteiger charge is -2.23. The fourth-order valence-corrected chi connectivity index (χ4v) is 5.56. The zero-order valence-corrected chi connectivity index (χ0v) is 25.5. The van der Waals surface area contributed by atoms with Gasteiger partial charge in [0.15, 0.2) is 0 Å². The van der Waals surface area contributed by atoms with E-state index in [1.54, 1.807) is 35.8 Å². The summed E-state index contributed by atoms with van der Waals surface area (Å²) in [6.07, 6.45) is 4.36. The molecule has 1 unspecified atom stereocenters. The third-order valence-corrected chi connectivity index (χ3v) is 8.58. The van der Waals surface area contributed by atoms with Crippen molar-refractivity contribution in [2.75, 3.05) is 16.8 Å². The van der Waals surface area contributed by atoms with Crippen molar-refractivity contribution in [3.05, 3.63) is 81.3 Å². The predicted molar refractivity (Wildman–Crippen MR) is 161 cm³/mol. The number of pyridine rings is 1. The molecule has 1 aliphatic heterocycles. The monoisotopic (exact) mass is 607 g/mol. The molecule has 9 nitrogen and oxygen atoms in total. The van der Waals surface area contributed by atoms with E-state index in [4.69, 9.17) is 16.6 Å². The van der Waals surface area contributed by atoms with Crippen molar-refractivity contribution in [3.63, 3.8) is 0 Å². The number of nitrogens with zero attached hydrogens (tertiary/aromatic N) is 6. The van der Waals surface area contributed by atoms with E-state index >= 15 is 0 Å². The van der Waals surface area contributed by atoms with E-state index in [1.165, 1.54) is 24.5 Å². The lowest BCUT2D eigenvalue weighted by Crippen LogP contribution is -2.27. The number of hydrogen-bond donors (Lipinski definition) is 1. The van der Waals surface area contributed by atoms with Crippen LogP contribution in [-0.2, 0) is 4.79 Å². The summed E-state index contributed by atoms with van der Waals surface area (Å²) in [5.41, 5.74) is 4.76. The number of alkyl halides is 2. The van der Waals surface area contributed by atoms with Gasteiger partial charge in [0, 0.05) is 34.8 Å². The van der Waals surface area contributed by atoms with E-state index in [0.29, 0.717) is 28.5 Å². The molecule has 0 saturated carbocycles. The van der Waals surface area contributed by atoms with E-state index in [-0.39, 0.29) is 40.4 Å². The molecule has 3 aromatic heterocycles. The molecule has 5 rings (SSSR count). The van der Waals surface area contributed by atoms with Gasteiger partial charge in [-0.15, -0.1) is 0 Å². The van der Waals surface area contributed by atoms with Gasteiger partial charge >= 0.3 is 0 Å². The smallest absolute Gasteiger partial charge is 0.276 e. The first-order valence-corrected chi connectivity index (χ1v) is 14.3. The van der Waals surface area contributed by atoms with E-state index in [9.17, 15) is 18.4 Å². The number of rotatable bonds is 7. The molecule has 0 aliphatic carbocycles. The van der Waals surface area contributed by atoms with E-state index in [2.05, 4.69) is 20.4 Å². The largest absolute Gasteiger partial charge is 0.318 e. The average Bonchev–Trinajstić information content (AvgIpc) is 3.57. The normalized spacial score (nSPS) is 15.8. The van der Waals surface area contributed by atoms with E-state index in [0.717, 1.165) is 28.9 Å². The van der Waals surface area contributed by atoms with Gasteiger partial charge in [0.1, 0.15) is 5.69 Å². The molecule has 4 aromatic rings. The highest BCUT2D eigenvalue weighted by atomic mass is 35.5. The second kappa shape index (κ2) is 11.8. The van der Waals surface area contributed by atoms with Gasteiger partial charge in [0.2, 0.25) is 5.91 Å². The Morgan fingerprint density at radius 3 is 2.49 bits per heavy atom. The molecule has 2 atom stereocenters. The first-order chi connectivity index (χ1) is 20.4. The number of aromatic nitrogens is 5. The minimum Gasteiger partial charge on any atom is -0.318 e. The van der Waals surface area contributed by atoms with Gasteiger partial charge < -0.3 is 10.2 Å². The molecule has 1 aromatic carbocycles. The molecule has 43 heavy (non-hydrogen) atoms. The fourth-order valence-electron chi connectivity index (χ4n) is 5.41. The van der Waals surface area contributed by atoms with Crippen molar-refractivity contribution < 1.29 is 18.4 Å². The standard InChI is InChI=1S/C31H32ClF2N7O2/c1-15-9-10-40(31(15)43)25-13-36-27(17(3)16(25)2)20(6)41-14-21(11-37-41)38-30(42)28-19(5)35-12-24(39-28)26-18(4)23(32)8-7-22(26)29(33)34/h7-8,11-15,20,29H,9-10H2,1-6H3,(H,38,42)/t15-,20?/m0/s1. The van der Waals surface area contributed by atoms with Crippen LogP contribution in [0.5, 0.6) is 0 Å². The van der Waals surface area contributed by atoms with Gasteiger partial charge in [-0.2, -0.15) is 5.10 Å². The number of anilines is 2. The highest BCUT2D eigenvalue weighted by molar-refractivity contribution is 6.31. The summed E-state index contributed by atoms with van der Waals surface area (Å²) in [6, 6.07) is 2.40. The summed E-state index contributed by atoms with van der Waals surface area (Å²) in [7, 11) is 0. The molecular formula is C31H32ClF2N7O2. The lowest BCUT2D eigenvalue weighted by molar-refractivity contribution is -0.119. The second-order valence-electron chi connectivity index (χ2n) is 10.9. The number of benzene rings is 1. The molecule has 4 heterocycles. The Kier molecular flexibility index (Phi) is 8.29. The fraction of sp³-hybridized carbons (Fsp3) is 0.355. The lowest BCUT2D eigenvalue weighted by atomic mass is 9.99. The first-order valence-electron chi connectivity index (χ1n) is 13.9. The molecule has 0 radical (unpaired) electrons. The Morgan fingerprint density at radius 2 is 1.81 bits per heavy atom. The number of amides is 2. The van der Waals surface area contributed by atoms with Crippen molar-refractivity contribution in [1.82, 2.24) is 24.7 Å².